The molecule has 0 spiro atoms. The van der Waals surface area contributed by atoms with Gasteiger partial charge in [0, 0.05) is 59.8 Å². The topological polar surface area (TPSA) is 110 Å². The minimum atomic E-state index is 0.0951. The number of nitrogens with one attached hydrogen (secondary N) is 3. The van der Waals surface area contributed by atoms with Crippen LogP contribution >= 0.6 is 0 Å². The van der Waals surface area contributed by atoms with E-state index >= 15 is 0 Å². The number of fused-ring (bicyclic) bond motifs is 2. The van der Waals surface area contributed by atoms with Crippen molar-refractivity contribution in [2.24, 2.45) is 5.92 Å². The number of carbonyl (C=O) groups excluding carboxylic acids is 2. The fraction of sp³-hybridized carbons (Fsp3) is 0.263. The highest BCUT2D eigenvalue weighted by molar-refractivity contribution is 5.98. The standard InChI is InChI=1S/C19H20N4O.C19H19N3O/c24-19(14-8-9-18-15(11-14)12-20-22-18)23-10-4-7-17(13-23)21-16-5-2-1-3-6-16;23-19(16-6-7-18-17(11-16)12-20-21-18)22-9-8-15(13-22)10-14-4-2-1-3-5-14/h1-3,5-6,8-9,11-12,17,21H,4,7,10,13H2,(H,20,22);1-7,11-12,15H,8-10,13H2,(H,20,21). The van der Waals surface area contributed by atoms with E-state index in [1.165, 1.54) is 5.56 Å². The zero-order valence-electron chi connectivity index (χ0n) is 26.3. The Balaban J connectivity index is 0.000000150. The number of nitrogens with zero attached hydrogens (tertiary/aromatic N) is 4. The molecule has 9 nitrogen and oxygen atoms in total. The molecule has 2 aliphatic rings. The fourth-order valence-electron chi connectivity index (χ4n) is 6.70. The highest BCUT2D eigenvalue weighted by Gasteiger charge is 2.27. The number of benzene rings is 4. The Labute approximate surface area is 274 Å². The zero-order chi connectivity index (χ0) is 32.0. The lowest BCUT2D eigenvalue weighted by Gasteiger charge is -2.33. The molecule has 2 atom stereocenters. The van der Waals surface area contributed by atoms with Crippen LogP contribution in [0, 0.1) is 5.92 Å². The number of likely N-dealkylation sites (tertiary alicyclic amines) is 2. The van der Waals surface area contributed by atoms with Gasteiger partial charge in [0.15, 0.2) is 0 Å². The first-order chi connectivity index (χ1) is 23.1. The number of H-pyrrole nitrogens is 2. The minimum Gasteiger partial charge on any atom is -0.381 e. The van der Waals surface area contributed by atoms with E-state index in [-0.39, 0.29) is 11.8 Å². The van der Waals surface area contributed by atoms with E-state index in [0.29, 0.717) is 12.0 Å². The molecule has 0 aliphatic carbocycles. The number of hydrogen-bond acceptors (Lipinski definition) is 5. The van der Waals surface area contributed by atoms with Crippen LogP contribution in [0.25, 0.3) is 21.8 Å². The lowest BCUT2D eigenvalue weighted by atomic mass is 9.99. The summed E-state index contributed by atoms with van der Waals surface area (Å²) in [5.74, 6) is 0.778. The highest BCUT2D eigenvalue weighted by atomic mass is 16.2. The van der Waals surface area contributed by atoms with Gasteiger partial charge in [-0.3, -0.25) is 19.8 Å². The molecule has 0 saturated carbocycles. The highest BCUT2D eigenvalue weighted by Crippen LogP contribution is 2.24. The van der Waals surface area contributed by atoms with Crippen LogP contribution in [0.2, 0.25) is 0 Å². The Morgan fingerprint density at radius 3 is 1.94 bits per heavy atom. The van der Waals surface area contributed by atoms with Crippen LogP contribution in [0.1, 0.15) is 45.5 Å². The van der Waals surface area contributed by atoms with Gasteiger partial charge in [0.1, 0.15) is 0 Å². The Hall–Kier alpha value is -5.44. The van der Waals surface area contributed by atoms with Crippen molar-refractivity contribution in [2.75, 3.05) is 31.5 Å². The molecule has 9 heteroatoms. The van der Waals surface area contributed by atoms with Gasteiger partial charge in [-0.1, -0.05) is 48.5 Å². The molecule has 4 heterocycles. The summed E-state index contributed by atoms with van der Waals surface area (Å²) in [5.41, 5.74) is 5.85. The normalized spacial score (nSPS) is 17.8. The number of aromatic nitrogens is 4. The van der Waals surface area contributed by atoms with Crippen LogP contribution in [0.4, 0.5) is 5.69 Å². The molecule has 2 aromatic heterocycles. The first-order valence-corrected chi connectivity index (χ1v) is 16.4. The second kappa shape index (κ2) is 13.9. The molecule has 238 valence electrons. The number of carbonyl (C=O) groups is 2. The third-order valence-corrected chi connectivity index (χ3v) is 9.17. The molecule has 6 aromatic rings. The van der Waals surface area contributed by atoms with Crippen molar-refractivity contribution in [2.45, 2.75) is 31.7 Å². The molecular weight excluding hydrogens is 586 g/mol. The predicted octanol–water partition coefficient (Wildman–Crippen LogP) is 6.55. The third-order valence-electron chi connectivity index (χ3n) is 9.17. The Bertz CT molecular complexity index is 1950. The van der Waals surface area contributed by atoms with Crippen LogP contribution in [-0.2, 0) is 6.42 Å². The average molecular weight is 626 g/mol. The van der Waals surface area contributed by atoms with Crippen molar-refractivity contribution in [1.29, 1.82) is 0 Å². The van der Waals surface area contributed by atoms with Gasteiger partial charge in [-0.2, -0.15) is 10.2 Å². The summed E-state index contributed by atoms with van der Waals surface area (Å²) in [5, 5.41) is 19.3. The summed E-state index contributed by atoms with van der Waals surface area (Å²) in [6.07, 6.45) is 7.74. The molecule has 8 rings (SSSR count). The summed E-state index contributed by atoms with van der Waals surface area (Å²) in [7, 11) is 0. The van der Waals surface area contributed by atoms with Gasteiger partial charge >= 0.3 is 0 Å². The van der Waals surface area contributed by atoms with Gasteiger partial charge in [0.2, 0.25) is 0 Å². The molecule has 2 aliphatic heterocycles. The zero-order valence-corrected chi connectivity index (χ0v) is 26.3. The van der Waals surface area contributed by atoms with Crippen LogP contribution in [0.15, 0.2) is 109 Å². The van der Waals surface area contributed by atoms with Gasteiger partial charge in [-0.05, 0) is 85.7 Å². The molecule has 0 bridgehead atoms. The number of anilines is 1. The third kappa shape index (κ3) is 7.19. The van der Waals surface area contributed by atoms with Crippen LogP contribution in [0.3, 0.4) is 0 Å². The molecule has 3 N–H and O–H groups in total. The Kier molecular flexibility index (Phi) is 8.94. The lowest BCUT2D eigenvalue weighted by molar-refractivity contribution is 0.0714. The van der Waals surface area contributed by atoms with Crippen molar-refractivity contribution < 1.29 is 9.59 Å². The van der Waals surface area contributed by atoms with Crippen molar-refractivity contribution in [3.8, 4) is 0 Å². The second-order valence-corrected chi connectivity index (χ2v) is 12.5. The Morgan fingerprint density at radius 1 is 0.702 bits per heavy atom. The van der Waals surface area contributed by atoms with E-state index in [2.05, 4.69) is 62.1 Å². The van der Waals surface area contributed by atoms with E-state index in [0.717, 1.165) is 90.5 Å². The van der Waals surface area contributed by atoms with Crippen molar-refractivity contribution in [3.05, 3.63) is 126 Å². The minimum absolute atomic E-state index is 0.0951. The molecule has 2 unspecified atom stereocenters. The molecular formula is C38H39N7O2. The number of rotatable bonds is 6. The molecule has 4 aromatic carbocycles. The lowest BCUT2D eigenvalue weighted by Crippen LogP contribution is -2.45. The molecule has 2 amide bonds. The quantitative estimate of drug-likeness (QED) is 0.195. The second-order valence-electron chi connectivity index (χ2n) is 12.5. The summed E-state index contributed by atoms with van der Waals surface area (Å²) in [6.45, 7) is 3.24. The summed E-state index contributed by atoms with van der Waals surface area (Å²) < 4.78 is 0. The molecule has 2 saturated heterocycles. The van der Waals surface area contributed by atoms with E-state index in [1.807, 2.05) is 70.5 Å². The summed E-state index contributed by atoms with van der Waals surface area (Å²) in [6, 6.07) is 32.4. The monoisotopic (exact) mass is 625 g/mol. The number of aromatic amines is 2. The Morgan fingerprint density at radius 2 is 1.30 bits per heavy atom. The van der Waals surface area contributed by atoms with Crippen LogP contribution in [-0.4, -0.2) is 74.2 Å². The first-order valence-electron chi connectivity index (χ1n) is 16.4. The van der Waals surface area contributed by atoms with E-state index in [4.69, 9.17) is 0 Å². The van der Waals surface area contributed by atoms with Gasteiger partial charge in [0.25, 0.3) is 11.8 Å². The van der Waals surface area contributed by atoms with E-state index < -0.39 is 0 Å². The number of para-hydroxylation sites is 1. The van der Waals surface area contributed by atoms with Gasteiger partial charge in [-0.15, -0.1) is 0 Å². The largest absolute Gasteiger partial charge is 0.381 e. The van der Waals surface area contributed by atoms with Crippen molar-refractivity contribution >= 4 is 39.3 Å². The smallest absolute Gasteiger partial charge is 0.253 e. The predicted molar refractivity (Wildman–Crippen MR) is 185 cm³/mol. The van der Waals surface area contributed by atoms with Crippen LogP contribution in [0.5, 0.6) is 0 Å². The number of hydrogen-bond donors (Lipinski definition) is 3. The van der Waals surface area contributed by atoms with Gasteiger partial charge < -0.3 is 15.1 Å². The fourth-order valence-corrected chi connectivity index (χ4v) is 6.70. The molecule has 2 fully saturated rings. The summed E-state index contributed by atoms with van der Waals surface area (Å²) in [4.78, 5) is 29.5. The van der Waals surface area contributed by atoms with Crippen LogP contribution < -0.4 is 5.32 Å². The number of piperidine rings is 1. The molecule has 47 heavy (non-hydrogen) atoms. The van der Waals surface area contributed by atoms with Crippen molar-refractivity contribution in [3.63, 3.8) is 0 Å². The van der Waals surface area contributed by atoms with E-state index in [1.54, 1.807) is 12.4 Å². The maximum absolute atomic E-state index is 12.8. The van der Waals surface area contributed by atoms with E-state index in [9.17, 15) is 9.59 Å². The maximum atomic E-state index is 12.8. The van der Waals surface area contributed by atoms with Gasteiger partial charge in [0.05, 0.1) is 23.4 Å². The van der Waals surface area contributed by atoms with Gasteiger partial charge in [-0.25, -0.2) is 0 Å². The van der Waals surface area contributed by atoms with Crippen molar-refractivity contribution in [1.82, 2.24) is 30.2 Å². The first kappa shape index (κ1) is 30.2. The maximum Gasteiger partial charge on any atom is 0.253 e. The molecule has 0 radical (unpaired) electrons. The average Bonchev–Trinajstić information content (AvgIpc) is 3.90. The number of amides is 2. The SMILES string of the molecule is O=C(c1ccc2[nH]ncc2c1)N1CCC(Cc2ccccc2)C1.O=C(c1ccc2[nH]ncc2c1)N1CCCC(Nc2ccccc2)C1. The summed E-state index contributed by atoms with van der Waals surface area (Å²) >= 11 is 0.